The van der Waals surface area contributed by atoms with Gasteiger partial charge in [0.2, 0.25) is 11.2 Å². The summed E-state index contributed by atoms with van der Waals surface area (Å²) in [4.78, 5) is 49.2. The zero-order chi connectivity index (χ0) is 67.6. The molecule has 0 spiro atoms. The number of nitrogens with two attached hydrogens (primary N) is 1. The van der Waals surface area contributed by atoms with E-state index in [9.17, 15) is 16.8 Å². The van der Waals surface area contributed by atoms with Crippen LogP contribution in [0.15, 0.2) is 85.7 Å². The van der Waals surface area contributed by atoms with Gasteiger partial charge in [-0.1, -0.05) is 37.0 Å². The fraction of sp³-hybridized carbons (Fsp3) is 0.455. The van der Waals surface area contributed by atoms with Crippen molar-refractivity contribution in [3.63, 3.8) is 0 Å². The molecule has 8 aromatic rings. The van der Waals surface area contributed by atoms with Gasteiger partial charge in [-0.25, -0.2) is 26.8 Å². The van der Waals surface area contributed by atoms with Gasteiger partial charge in [-0.05, 0) is 112 Å². The minimum atomic E-state index is -3.39. The minimum Gasteiger partial charge on any atom is -0.495 e. The molecular formula is C66H85Cl3N18O6S2. The molecule has 508 valence electrons. The molecule has 8 heterocycles. The highest BCUT2D eigenvalue weighted by Gasteiger charge is 2.30. The number of aryl methyl sites for hydroxylation is 2. The lowest BCUT2D eigenvalue weighted by atomic mass is 9.99. The fourth-order valence-corrected chi connectivity index (χ4v) is 14.8. The van der Waals surface area contributed by atoms with Crippen LogP contribution in [0.25, 0.3) is 22.1 Å². The molecule has 0 atom stereocenters. The first-order chi connectivity index (χ1) is 45.6. The van der Waals surface area contributed by atoms with E-state index in [0.717, 1.165) is 107 Å². The number of benzene rings is 4. The number of sulfone groups is 2. The number of rotatable bonds is 18. The van der Waals surface area contributed by atoms with Crippen LogP contribution in [0.3, 0.4) is 0 Å². The molecule has 0 bridgehead atoms. The molecule has 4 saturated heterocycles. The Kier molecular flexibility index (Phi) is 23.6. The van der Waals surface area contributed by atoms with Crippen LogP contribution in [0, 0.1) is 0 Å². The van der Waals surface area contributed by atoms with E-state index in [-0.39, 0.29) is 32.7 Å². The van der Waals surface area contributed by atoms with Crippen LogP contribution in [0.1, 0.15) is 61.8 Å². The third kappa shape index (κ3) is 18.2. The van der Waals surface area contributed by atoms with Crippen LogP contribution in [0.5, 0.6) is 11.5 Å². The van der Waals surface area contributed by atoms with E-state index >= 15 is 0 Å². The van der Waals surface area contributed by atoms with Gasteiger partial charge in [0.15, 0.2) is 31.3 Å². The molecule has 95 heavy (non-hydrogen) atoms. The maximum Gasteiger partial charge on any atom is 0.229 e. The highest BCUT2D eigenvalue weighted by atomic mass is 35.5. The quantitative estimate of drug-likeness (QED) is 0.0459. The summed E-state index contributed by atoms with van der Waals surface area (Å²) in [5.74, 6) is 1.95. The molecule has 29 heteroatoms. The number of halogens is 3. The second-order valence-corrected chi connectivity index (χ2v) is 29.9. The Labute approximate surface area is 572 Å². The number of methoxy groups -OCH3 is 2. The number of fused-ring (bicyclic) bond motifs is 2. The van der Waals surface area contributed by atoms with E-state index in [0.29, 0.717) is 68.1 Å². The molecule has 24 nitrogen and oxygen atoms in total. The van der Waals surface area contributed by atoms with Crippen LogP contribution >= 0.6 is 34.8 Å². The van der Waals surface area contributed by atoms with E-state index in [1.807, 2.05) is 0 Å². The molecule has 4 aromatic carbocycles. The molecular weight excluding hydrogens is 1310 g/mol. The lowest BCUT2D eigenvalue weighted by Gasteiger charge is -2.43. The maximum absolute atomic E-state index is 12.3. The Hall–Kier alpha value is -7.27. The Morgan fingerprint density at radius 3 is 1.41 bits per heavy atom. The predicted octanol–water partition coefficient (Wildman–Crippen LogP) is 9.96. The number of piperidine rings is 2. The van der Waals surface area contributed by atoms with Crippen molar-refractivity contribution in [3.05, 3.63) is 123 Å². The second-order valence-electron chi connectivity index (χ2n) is 24.5. The van der Waals surface area contributed by atoms with Crippen LogP contribution in [0.4, 0.5) is 51.7 Å². The van der Waals surface area contributed by atoms with Gasteiger partial charge in [-0.15, -0.1) is 0 Å². The summed E-state index contributed by atoms with van der Waals surface area (Å²) in [7, 11) is 1.10. The van der Waals surface area contributed by atoms with E-state index in [1.165, 1.54) is 92.6 Å². The maximum atomic E-state index is 12.3. The van der Waals surface area contributed by atoms with Crippen molar-refractivity contribution in [1.82, 2.24) is 59.5 Å². The Morgan fingerprint density at radius 1 is 0.526 bits per heavy atom. The molecule has 12 rings (SSSR count). The van der Waals surface area contributed by atoms with E-state index in [4.69, 9.17) is 50.0 Å². The van der Waals surface area contributed by atoms with Gasteiger partial charge in [0.25, 0.3) is 0 Å². The SMILES string of the molecule is CCc1cc(N)c(OC)cc1N1CCC(N2CCN(C)CC2)CC1.CCc1cc(Nc2ncc(Cl)c(Nc3ccc4nccnc4c3CS(C)(=O)=O)n2)c(OC)cc1N1CCC(N2CCN(C)CC2)CC1.CS(=O)(=O)Cc1c(Nc2nc(Cl)ncc2Cl)ccc2nccnc12. The Morgan fingerprint density at radius 2 is 0.958 bits per heavy atom. The van der Waals surface area contributed by atoms with E-state index < -0.39 is 19.7 Å². The summed E-state index contributed by atoms with van der Waals surface area (Å²) in [6, 6.07) is 16.8. The van der Waals surface area contributed by atoms with Crippen molar-refractivity contribution in [1.29, 1.82) is 0 Å². The average Bonchev–Trinajstić information content (AvgIpc) is 0.837. The van der Waals surface area contributed by atoms with Crippen molar-refractivity contribution in [3.8, 4) is 11.5 Å². The summed E-state index contributed by atoms with van der Waals surface area (Å²) < 4.78 is 59.6. The van der Waals surface area contributed by atoms with Crippen molar-refractivity contribution in [2.45, 2.75) is 76.0 Å². The number of nitrogen functional groups attached to an aromatic ring is 1. The van der Waals surface area contributed by atoms with Gasteiger partial charge in [0.05, 0.1) is 71.6 Å². The molecule has 0 aliphatic carbocycles. The van der Waals surface area contributed by atoms with Crippen LogP contribution in [-0.2, 0) is 44.0 Å². The van der Waals surface area contributed by atoms with Crippen LogP contribution < -0.4 is 41.0 Å². The van der Waals surface area contributed by atoms with Gasteiger partial charge in [-0.3, -0.25) is 29.7 Å². The summed E-state index contributed by atoms with van der Waals surface area (Å²) >= 11 is 18.4. The monoisotopic (exact) mass is 1390 g/mol. The number of nitrogens with one attached hydrogen (secondary N) is 3. The molecule has 0 saturated carbocycles. The first kappa shape index (κ1) is 70.5. The third-order valence-corrected chi connectivity index (χ3v) is 20.2. The minimum absolute atomic E-state index is 0.0205. The van der Waals surface area contributed by atoms with Gasteiger partial charge in [0.1, 0.15) is 21.5 Å². The lowest BCUT2D eigenvalue weighted by Crippen LogP contribution is -2.52. The molecule has 0 unspecified atom stereocenters. The number of likely N-dealkylation sites (N-methyl/N-ethyl adjacent to an activating group) is 2. The van der Waals surface area contributed by atoms with Crippen molar-refractivity contribution < 1.29 is 26.3 Å². The van der Waals surface area contributed by atoms with Crippen LogP contribution in [0.2, 0.25) is 15.3 Å². The number of ether oxygens (including phenoxy) is 2. The first-order valence-corrected chi connectivity index (χ1v) is 37.2. The largest absolute Gasteiger partial charge is 0.495 e. The zero-order valence-electron chi connectivity index (χ0n) is 55.1. The van der Waals surface area contributed by atoms with Crippen molar-refractivity contribution >= 4 is 128 Å². The molecule has 4 aliphatic heterocycles. The number of piperazine rings is 2. The highest BCUT2D eigenvalue weighted by molar-refractivity contribution is 7.90. The van der Waals surface area contributed by atoms with Crippen LogP contribution in [-0.4, -0.2) is 208 Å². The summed E-state index contributed by atoms with van der Waals surface area (Å²) in [5, 5.41) is 10.1. The number of hydrogen-bond donors (Lipinski definition) is 4. The van der Waals surface area contributed by atoms with Gasteiger partial charge in [0, 0.05) is 174 Å². The number of aromatic nitrogens is 8. The Balaban J connectivity index is 0.000000172. The summed E-state index contributed by atoms with van der Waals surface area (Å²) in [5.41, 5.74) is 16.8. The normalized spacial score (nSPS) is 16.6. The molecule has 0 radical (unpaired) electrons. The zero-order valence-corrected chi connectivity index (χ0v) is 59.0. The van der Waals surface area contributed by atoms with E-state index in [1.54, 1.807) is 50.9 Å². The standard InChI is InChI=1S/C33H42ClN9O3S.C19H32N4O.C14H11Cl2N5O2S/c1-5-22-18-28(30(46-3)19-29(22)43-12-8-23(9-13-43)42-16-14-41(2)15-17-42)39-33-37-20-25(34)32(40-33)38-26-6-7-27-31(36-11-10-35-27)24(26)21-47(4,44)45;1-4-15-13-17(20)19(24-3)14-18(15)23-7-5-16(6-8-23)22-11-9-21(2)10-12-22;1-24(22,23)7-8-10(2-3-11-12(8)18-5-4-17-11)20-13-9(15)6-19-14(16)21-13/h6-7,10-11,18-20,23H,5,8-9,12-17,21H2,1-4H3,(H2,37,38,39,40);13-14,16H,4-12,20H2,1-3H3;2-6H,7H2,1H3,(H,19,20,21). The average molecular weight is 1400 g/mol. The lowest BCUT2D eigenvalue weighted by molar-refractivity contribution is 0.0982. The van der Waals surface area contributed by atoms with Crippen molar-refractivity contribution in [2.24, 2.45) is 0 Å². The highest BCUT2D eigenvalue weighted by Crippen LogP contribution is 2.39. The molecule has 5 N–H and O–H groups in total. The molecule has 4 fully saturated rings. The predicted molar refractivity (Wildman–Crippen MR) is 383 cm³/mol. The number of nitrogens with zero attached hydrogens (tertiary/aromatic N) is 14. The van der Waals surface area contributed by atoms with Gasteiger partial charge < -0.3 is 50.8 Å². The van der Waals surface area contributed by atoms with E-state index in [2.05, 4.69) is 137 Å². The first-order valence-electron chi connectivity index (χ1n) is 31.9. The topological polar surface area (TPSA) is 271 Å². The fourth-order valence-electron chi connectivity index (χ4n) is 12.7. The summed E-state index contributed by atoms with van der Waals surface area (Å²) in [6.45, 7) is 18.1. The number of anilines is 9. The number of hydrogen-bond acceptors (Lipinski definition) is 24. The van der Waals surface area contributed by atoms with Gasteiger partial charge in [-0.2, -0.15) is 9.97 Å². The Bertz CT molecular complexity index is 4210. The molecule has 4 aliphatic rings. The molecule has 0 amide bonds. The smallest absolute Gasteiger partial charge is 0.229 e. The second kappa shape index (κ2) is 31.7. The van der Waals surface area contributed by atoms with Gasteiger partial charge >= 0.3 is 0 Å². The molecule has 4 aromatic heterocycles. The third-order valence-electron chi connectivity index (χ3n) is 17.8. The summed E-state index contributed by atoms with van der Waals surface area (Å²) in [6.07, 6.45) is 18.0. The van der Waals surface area contributed by atoms with Crippen molar-refractivity contribution in [2.75, 3.05) is 151 Å².